The number of aliphatic hydroxyl groups is 1. The lowest BCUT2D eigenvalue weighted by Crippen LogP contribution is -2.48. The molecule has 1 aliphatic rings. The normalized spacial score (nSPS) is 20.5. The summed E-state index contributed by atoms with van der Waals surface area (Å²) in [5.41, 5.74) is -2.06. The van der Waals surface area contributed by atoms with Gasteiger partial charge in [0.25, 0.3) is 0 Å². The smallest absolute Gasteiger partial charge is 0.380 e. The highest BCUT2D eigenvalue weighted by Gasteiger charge is 2.52. The van der Waals surface area contributed by atoms with Crippen LogP contribution < -0.4 is 0 Å². The first kappa shape index (κ1) is 17.4. The Bertz CT molecular complexity index is 722. The van der Waals surface area contributed by atoms with Gasteiger partial charge in [0.05, 0.1) is 12.5 Å². The van der Waals surface area contributed by atoms with E-state index in [1.165, 1.54) is 16.2 Å². The highest BCUT2D eigenvalue weighted by Crippen LogP contribution is 2.41. The molecule has 1 N–H and O–H groups in total. The van der Waals surface area contributed by atoms with Crippen molar-refractivity contribution in [3.05, 3.63) is 44.3 Å². The van der Waals surface area contributed by atoms with Crippen LogP contribution in [-0.4, -0.2) is 34.2 Å². The zero-order valence-corrected chi connectivity index (χ0v) is 14.5. The zero-order valence-electron chi connectivity index (χ0n) is 12.8. The van der Waals surface area contributed by atoms with Crippen LogP contribution >= 0.6 is 22.7 Å². The van der Waals surface area contributed by atoms with Crippen LogP contribution in [0.5, 0.6) is 0 Å². The van der Waals surface area contributed by atoms with Gasteiger partial charge in [-0.2, -0.15) is 13.2 Å². The van der Waals surface area contributed by atoms with Crippen molar-refractivity contribution in [2.75, 3.05) is 6.54 Å². The summed E-state index contributed by atoms with van der Waals surface area (Å²) in [6, 6.07) is 5.28. The van der Waals surface area contributed by atoms with Crippen LogP contribution in [0.2, 0.25) is 0 Å². The summed E-state index contributed by atoms with van der Waals surface area (Å²) in [5.74, 6) is -0.687. The molecule has 2 aromatic rings. The van der Waals surface area contributed by atoms with Crippen molar-refractivity contribution in [1.82, 2.24) is 4.90 Å². The summed E-state index contributed by atoms with van der Waals surface area (Å²) in [6.07, 6.45) is -5.20. The maximum atomic E-state index is 12.9. The van der Waals surface area contributed by atoms with Gasteiger partial charge >= 0.3 is 6.18 Å². The molecule has 0 saturated carbocycles. The van der Waals surface area contributed by atoms with Crippen LogP contribution in [0.4, 0.5) is 13.2 Å². The number of hydrogen-bond acceptors (Lipinski definition) is 4. The van der Waals surface area contributed by atoms with Crippen molar-refractivity contribution in [2.24, 2.45) is 0 Å². The van der Waals surface area contributed by atoms with E-state index >= 15 is 0 Å². The number of hydrogen-bond donors (Lipinski definition) is 1. The third-order valence-electron chi connectivity index (χ3n) is 4.21. The summed E-state index contributed by atoms with van der Waals surface area (Å²) >= 11 is 3.06. The Labute approximate surface area is 145 Å². The van der Waals surface area contributed by atoms with Crippen LogP contribution in [0.15, 0.2) is 29.0 Å². The summed E-state index contributed by atoms with van der Waals surface area (Å²) in [6.45, 7) is 0.994. The molecule has 0 aliphatic carbocycles. The largest absolute Gasteiger partial charge is 0.417 e. The highest BCUT2D eigenvalue weighted by molar-refractivity contribution is 7.10. The number of nitrogens with zero attached hydrogens (tertiary/aromatic N) is 1. The van der Waals surface area contributed by atoms with Crippen LogP contribution in [0.1, 0.15) is 34.7 Å². The zero-order chi connectivity index (χ0) is 17.5. The lowest BCUT2D eigenvalue weighted by molar-refractivity contribution is -0.254. The average molecular weight is 375 g/mol. The van der Waals surface area contributed by atoms with Crippen molar-refractivity contribution in [2.45, 2.75) is 37.6 Å². The maximum Gasteiger partial charge on any atom is 0.417 e. The van der Waals surface area contributed by atoms with Gasteiger partial charge in [0.1, 0.15) is 0 Å². The SMILES string of the molecule is C[C@](O)(CC(=O)N1CCc2sccc2[C@@H]1c1cccs1)C(F)(F)F. The Morgan fingerprint density at radius 1 is 1.33 bits per heavy atom. The van der Waals surface area contributed by atoms with Crippen LogP contribution in [-0.2, 0) is 11.2 Å². The monoisotopic (exact) mass is 375 g/mol. The Morgan fingerprint density at radius 2 is 2.08 bits per heavy atom. The third-order valence-corrected chi connectivity index (χ3v) is 6.13. The molecule has 8 heteroatoms. The summed E-state index contributed by atoms with van der Waals surface area (Å²) < 4.78 is 38.7. The van der Waals surface area contributed by atoms with Crippen LogP contribution in [0.3, 0.4) is 0 Å². The molecule has 2 aromatic heterocycles. The second kappa shape index (κ2) is 6.16. The second-order valence-corrected chi connectivity index (χ2v) is 7.98. The van der Waals surface area contributed by atoms with E-state index in [4.69, 9.17) is 0 Å². The van der Waals surface area contributed by atoms with Crippen molar-refractivity contribution in [1.29, 1.82) is 0 Å². The van der Waals surface area contributed by atoms with Gasteiger partial charge in [-0.3, -0.25) is 4.79 Å². The predicted molar refractivity (Wildman–Crippen MR) is 87.2 cm³/mol. The van der Waals surface area contributed by atoms with Gasteiger partial charge in [-0.25, -0.2) is 0 Å². The molecule has 3 heterocycles. The van der Waals surface area contributed by atoms with Gasteiger partial charge in [-0.05, 0) is 41.8 Å². The van der Waals surface area contributed by atoms with Gasteiger partial charge in [-0.15, -0.1) is 22.7 Å². The molecule has 2 atom stereocenters. The Kier molecular flexibility index (Phi) is 4.48. The number of alkyl halides is 3. The van der Waals surface area contributed by atoms with Crippen LogP contribution in [0, 0.1) is 0 Å². The molecule has 0 saturated heterocycles. The summed E-state index contributed by atoms with van der Waals surface area (Å²) in [7, 11) is 0. The van der Waals surface area contributed by atoms with Crippen molar-refractivity contribution in [3.63, 3.8) is 0 Å². The molecule has 0 bridgehead atoms. The first-order valence-corrected chi connectivity index (χ1v) is 9.15. The molecule has 0 spiro atoms. The van der Waals surface area contributed by atoms with Crippen molar-refractivity contribution in [3.8, 4) is 0 Å². The fourth-order valence-electron chi connectivity index (χ4n) is 2.83. The number of halogens is 3. The number of fused-ring (bicyclic) bond motifs is 1. The minimum Gasteiger partial charge on any atom is -0.380 e. The number of rotatable bonds is 3. The molecule has 24 heavy (non-hydrogen) atoms. The molecular weight excluding hydrogens is 359 g/mol. The third kappa shape index (κ3) is 3.10. The Balaban J connectivity index is 1.91. The lowest BCUT2D eigenvalue weighted by Gasteiger charge is -2.37. The molecule has 3 nitrogen and oxygen atoms in total. The van der Waals surface area contributed by atoms with Gasteiger partial charge in [0, 0.05) is 16.3 Å². The van der Waals surface area contributed by atoms with Crippen LogP contribution in [0.25, 0.3) is 0 Å². The molecular formula is C16H16F3NO2S2. The van der Waals surface area contributed by atoms with E-state index in [-0.39, 0.29) is 6.04 Å². The minimum atomic E-state index is -4.84. The molecule has 1 amide bonds. The van der Waals surface area contributed by atoms with Gasteiger partial charge in [0.15, 0.2) is 5.60 Å². The van der Waals surface area contributed by atoms with Gasteiger partial charge in [-0.1, -0.05) is 6.07 Å². The lowest BCUT2D eigenvalue weighted by atomic mass is 9.95. The summed E-state index contributed by atoms with van der Waals surface area (Å²) in [4.78, 5) is 16.1. The first-order chi connectivity index (χ1) is 11.2. The molecule has 0 fully saturated rings. The highest BCUT2D eigenvalue weighted by atomic mass is 32.1. The molecule has 3 rings (SSSR count). The fourth-order valence-corrected chi connectivity index (χ4v) is 4.59. The number of carbonyl (C=O) groups excluding carboxylic acids is 1. The van der Waals surface area contributed by atoms with Crippen molar-refractivity contribution >= 4 is 28.6 Å². The van der Waals surface area contributed by atoms with E-state index < -0.39 is 24.1 Å². The van der Waals surface area contributed by atoms with E-state index in [0.717, 1.165) is 15.3 Å². The van der Waals surface area contributed by atoms with Gasteiger partial charge < -0.3 is 10.0 Å². The van der Waals surface area contributed by atoms with E-state index in [0.29, 0.717) is 19.9 Å². The minimum absolute atomic E-state index is 0.350. The maximum absolute atomic E-state index is 12.9. The van der Waals surface area contributed by atoms with E-state index in [2.05, 4.69) is 0 Å². The molecule has 0 unspecified atom stereocenters. The quantitative estimate of drug-likeness (QED) is 0.881. The van der Waals surface area contributed by atoms with Crippen molar-refractivity contribution < 1.29 is 23.1 Å². The van der Waals surface area contributed by atoms with E-state index in [9.17, 15) is 23.1 Å². The molecule has 0 aromatic carbocycles. The summed E-state index contributed by atoms with van der Waals surface area (Å²) in [5, 5.41) is 13.5. The standard InChI is InChI=1S/C16H16F3NO2S2/c1-15(22,16(17,18)19)9-13(21)20-6-4-11-10(5-8-24-11)14(20)12-3-2-7-23-12/h2-3,5,7-8,14,22H,4,6,9H2,1H3/t14-,15+/m1/s1. The molecule has 1 aliphatic heterocycles. The van der Waals surface area contributed by atoms with E-state index in [1.54, 1.807) is 11.3 Å². The van der Waals surface area contributed by atoms with E-state index in [1.807, 2.05) is 29.0 Å². The second-order valence-electron chi connectivity index (χ2n) is 6.00. The fraction of sp³-hybridized carbons (Fsp3) is 0.438. The number of amides is 1. The topological polar surface area (TPSA) is 40.5 Å². The molecule has 130 valence electrons. The Morgan fingerprint density at radius 3 is 2.71 bits per heavy atom. The predicted octanol–water partition coefficient (Wildman–Crippen LogP) is 3.99. The first-order valence-electron chi connectivity index (χ1n) is 7.39. The molecule has 0 radical (unpaired) electrons. The average Bonchev–Trinajstić information content (AvgIpc) is 3.15. The van der Waals surface area contributed by atoms with Gasteiger partial charge in [0.2, 0.25) is 5.91 Å². The Hall–Kier alpha value is -1.38. The number of thiophene rings is 2. The number of carbonyl (C=O) groups is 1.